The third-order valence-corrected chi connectivity index (χ3v) is 4.88. The van der Waals surface area contributed by atoms with Gasteiger partial charge in [-0.25, -0.2) is 8.42 Å². The maximum Gasteiger partial charge on any atom is 0.402 e. The number of unbranched alkanes of at least 4 members (excludes halogenated alkanes) is 1. The highest BCUT2D eigenvalue weighted by molar-refractivity contribution is 7.89. The zero-order valence-electron chi connectivity index (χ0n) is 11.6. The van der Waals surface area contributed by atoms with Crippen LogP contribution in [0.3, 0.4) is 0 Å². The first-order valence-corrected chi connectivity index (χ1v) is 7.62. The number of aryl methyl sites for hydroxylation is 2. The molecule has 1 N–H and O–H groups in total. The van der Waals surface area contributed by atoms with E-state index < -0.39 is 22.7 Å². The Morgan fingerprint density at radius 3 is 2.30 bits per heavy atom. The average Bonchev–Trinajstić information content (AvgIpc) is 2.63. The molecule has 0 aromatic carbocycles. The third kappa shape index (κ3) is 3.95. The van der Waals surface area contributed by atoms with Crippen molar-refractivity contribution in [2.75, 3.05) is 13.1 Å². The van der Waals surface area contributed by atoms with Gasteiger partial charge in [0.15, 0.2) is 0 Å². The van der Waals surface area contributed by atoms with Crippen molar-refractivity contribution >= 4 is 10.0 Å². The second-order valence-corrected chi connectivity index (χ2v) is 6.45. The summed E-state index contributed by atoms with van der Waals surface area (Å²) in [5.74, 6) is 0. The van der Waals surface area contributed by atoms with Crippen molar-refractivity contribution in [3.63, 3.8) is 0 Å². The van der Waals surface area contributed by atoms with Gasteiger partial charge in [0.2, 0.25) is 10.0 Å². The minimum Gasteiger partial charge on any atom is -0.281 e. The lowest BCUT2D eigenvalue weighted by atomic mass is 10.3. The van der Waals surface area contributed by atoms with E-state index in [2.05, 4.69) is 10.2 Å². The number of nitrogens with zero attached hydrogens (tertiary/aromatic N) is 2. The minimum atomic E-state index is -4.58. The van der Waals surface area contributed by atoms with E-state index in [-0.39, 0.29) is 22.8 Å². The quantitative estimate of drug-likeness (QED) is 0.877. The molecule has 0 atom stereocenters. The molecule has 5 nitrogen and oxygen atoms in total. The molecule has 0 amide bonds. The predicted octanol–water partition coefficient (Wildman–Crippen LogP) is 2.38. The van der Waals surface area contributed by atoms with Crippen LogP contribution in [0.25, 0.3) is 0 Å². The summed E-state index contributed by atoms with van der Waals surface area (Å²) >= 11 is 0. The van der Waals surface area contributed by atoms with Gasteiger partial charge in [0.25, 0.3) is 0 Å². The number of nitrogens with one attached hydrogen (secondary N) is 1. The third-order valence-electron chi connectivity index (χ3n) is 2.78. The van der Waals surface area contributed by atoms with E-state index in [9.17, 15) is 21.6 Å². The Morgan fingerprint density at radius 1 is 1.30 bits per heavy atom. The predicted molar refractivity (Wildman–Crippen MR) is 67.8 cm³/mol. The second kappa shape index (κ2) is 6.13. The average molecular weight is 313 g/mol. The number of sulfonamides is 1. The molecular weight excluding hydrogens is 295 g/mol. The fraction of sp³-hybridized carbons (Fsp3) is 0.727. The van der Waals surface area contributed by atoms with E-state index in [1.165, 1.54) is 13.8 Å². The zero-order valence-corrected chi connectivity index (χ0v) is 12.4. The van der Waals surface area contributed by atoms with E-state index in [1.807, 2.05) is 0 Å². The molecule has 1 aromatic heterocycles. The van der Waals surface area contributed by atoms with Crippen LogP contribution in [0.2, 0.25) is 0 Å². The first-order chi connectivity index (χ1) is 9.09. The van der Waals surface area contributed by atoms with Crippen LogP contribution in [0.1, 0.15) is 31.2 Å². The first-order valence-electron chi connectivity index (χ1n) is 6.18. The summed E-state index contributed by atoms with van der Waals surface area (Å²) in [4.78, 5) is -0.169. The van der Waals surface area contributed by atoms with Crippen LogP contribution in [0.15, 0.2) is 4.90 Å². The van der Waals surface area contributed by atoms with Crippen molar-refractivity contribution in [3.8, 4) is 0 Å². The molecule has 0 spiro atoms. The standard InChI is InChI=1S/C11H18F3N3O2S/c1-4-5-6-17(7-11(12,13)14)20(18,19)10-8(2)15-16-9(10)3/h4-7H2,1-3H3,(H,15,16). The molecule has 0 saturated heterocycles. The van der Waals surface area contributed by atoms with Crippen molar-refractivity contribution in [1.29, 1.82) is 0 Å². The Bertz CT molecular complexity index is 532. The smallest absolute Gasteiger partial charge is 0.281 e. The lowest BCUT2D eigenvalue weighted by molar-refractivity contribution is -0.136. The Labute approximate surface area is 116 Å². The van der Waals surface area contributed by atoms with Crippen LogP contribution in [-0.2, 0) is 10.0 Å². The summed E-state index contributed by atoms with van der Waals surface area (Å²) in [7, 11) is -4.20. The van der Waals surface area contributed by atoms with E-state index in [1.54, 1.807) is 6.92 Å². The summed E-state index contributed by atoms with van der Waals surface area (Å²) in [6.07, 6.45) is -3.61. The van der Waals surface area contributed by atoms with Crippen molar-refractivity contribution in [3.05, 3.63) is 11.4 Å². The maximum absolute atomic E-state index is 12.6. The van der Waals surface area contributed by atoms with Gasteiger partial charge in [0.1, 0.15) is 11.4 Å². The van der Waals surface area contributed by atoms with Crippen molar-refractivity contribution < 1.29 is 21.6 Å². The topological polar surface area (TPSA) is 66.1 Å². The Hall–Kier alpha value is -1.09. The second-order valence-electron chi connectivity index (χ2n) is 4.57. The fourth-order valence-electron chi connectivity index (χ4n) is 1.87. The molecule has 0 bridgehead atoms. The van der Waals surface area contributed by atoms with Gasteiger partial charge in [-0.3, -0.25) is 5.10 Å². The number of H-pyrrole nitrogens is 1. The number of halogens is 3. The normalized spacial score (nSPS) is 13.2. The van der Waals surface area contributed by atoms with Gasteiger partial charge < -0.3 is 0 Å². The van der Waals surface area contributed by atoms with E-state index in [4.69, 9.17) is 0 Å². The molecule has 0 unspecified atom stereocenters. The summed E-state index contributed by atoms with van der Waals surface area (Å²) in [6.45, 7) is 3.05. The van der Waals surface area contributed by atoms with Gasteiger partial charge in [-0.2, -0.15) is 22.6 Å². The SMILES string of the molecule is CCCCN(CC(F)(F)F)S(=O)(=O)c1c(C)n[nH]c1C. The van der Waals surface area contributed by atoms with Crippen molar-refractivity contribution in [1.82, 2.24) is 14.5 Å². The highest BCUT2D eigenvalue weighted by atomic mass is 32.2. The minimum absolute atomic E-state index is 0.164. The molecule has 0 fully saturated rings. The molecule has 0 radical (unpaired) electrons. The van der Waals surface area contributed by atoms with Gasteiger partial charge in [-0.1, -0.05) is 13.3 Å². The van der Waals surface area contributed by atoms with Crippen LogP contribution >= 0.6 is 0 Å². The van der Waals surface area contributed by atoms with Gasteiger partial charge in [-0.15, -0.1) is 0 Å². The van der Waals surface area contributed by atoms with Gasteiger partial charge in [0.05, 0.1) is 11.4 Å². The molecule has 0 aliphatic heterocycles. The van der Waals surface area contributed by atoms with E-state index in [0.717, 1.165) is 0 Å². The Balaban J connectivity index is 3.17. The highest BCUT2D eigenvalue weighted by Gasteiger charge is 2.38. The molecule has 116 valence electrons. The van der Waals surface area contributed by atoms with Crippen LogP contribution < -0.4 is 0 Å². The van der Waals surface area contributed by atoms with Crippen LogP contribution in [0, 0.1) is 13.8 Å². The summed E-state index contributed by atoms with van der Waals surface area (Å²) in [5, 5.41) is 6.21. The molecule has 1 heterocycles. The summed E-state index contributed by atoms with van der Waals surface area (Å²) in [5.41, 5.74) is 0.414. The monoisotopic (exact) mass is 313 g/mol. The number of aromatic amines is 1. The number of rotatable bonds is 6. The first kappa shape index (κ1) is 17.0. The molecule has 1 rings (SSSR count). The number of alkyl halides is 3. The zero-order chi connectivity index (χ0) is 15.6. The Kier molecular flexibility index (Phi) is 5.20. The van der Waals surface area contributed by atoms with Crippen LogP contribution in [0.4, 0.5) is 13.2 Å². The summed E-state index contributed by atoms with van der Waals surface area (Å²) in [6, 6.07) is 0. The molecule has 1 aromatic rings. The molecular formula is C11H18F3N3O2S. The maximum atomic E-state index is 12.6. The van der Waals surface area contributed by atoms with Crippen LogP contribution in [0.5, 0.6) is 0 Å². The van der Waals surface area contributed by atoms with E-state index >= 15 is 0 Å². The molecule has 0 aliphatic rings. The largest absolute Gasteiger partial charge is 0.402 e. The fourth-order valence-corrected chi connectivity index (χ4v) is 3.66. The number of hydrogen-bond acceptors (Lipinski definition) is 3. The van der Waals surface area contributed by atoms with E-state index in [0.29, 0.717) is 17.1 Å². The van der Waals surface area contributed by atoms with Crippen molar-refractivity contribution in [2.24, 2.45) is 0 Å². The highest BCUT2D eigenvalue weighted by Crippen LogP contribution is 2.26. The van der Waals surface area contributed by atoms with Gasteiger partial charge in [-0.05, 0) is 20.3 Å². The Morgan fingerprint density at radius 2 is 1.90 bits per heavy atom. The molecule has 20 heavy (non-hydrogen) atoms. The molecule has 9 heteroatoms. The number of hydrogen-bond donors (Lipinski definition) is 1. The van der Waals surface area contributed by atoms with Gasteiger partial charge in [0, 0.05) is 6.54 Å². The molecule has 0 saturated carbocycles. The van der Waals surface area contributed by atoms with Crippen LogP contribution in [-0.4, -0.2) is 42.2 Å². The van der Waals surface area contributed by atoms with Gasteiger partial charge >= 0.3 is 6.18 Å². The van der Waals surface area contributed by atoms with Crippen molar-refractivity contribution in [2.45, 2.75) is 44.7 Å². The lowest BCUT2D eigenvalue weighted by Gasteiger charge is -2.23. The lowest BCUT2D eigenvalue weighted by Crippen LogP contribution is -2.39. The molecule has 0 aliphatic carbocycles. The number of aromatic nitrogens is 2. The summed E-state index contributed by atoms with van der Waals surface area (Å²) < 4.78 is 63.0.